The van der Waals surface area contributed by atoms with Crippen LogP contribution in [-0.4, -0.2) is 29.8 Å². The standard InChI is InChI=1S/C15H24N2O/c1-3-10-16-11-15(2,18)14-9-8-12-6-4-5-7-13(12)17-14/h4-7,14,16-18H,3,8-11H2,1-2H3. The van der Waals surface area contributed by atoms with Crippen LogP contribution in [-0.2, 0) is 6.42 Å². The van der Waals surface area contributed by atoms with Crippen molar-refractivity contribution in [2.45, 2.75) is 44.8 Å². The van der Waals surface area contributed by atoms with Gasteiger partial charge in [0.25, 0.3) is 0 Å². The van der Waals surface area contributed by atoms with E-state index in [1.807, 2.05) is 13.0 Å². The number of benzene rings is 1. The molecule has 100 valence electrons. The maximum Gasteiger partial charge on any atom is 0.0943 e. The number of para-hydroxylation sites is 1. The normalized spacial score (nSPS) is 21.8. The number of hydrogen-bond acceptors (Lipinski definition) is 3. The van der Waals surface area contributed by atoms with Crippen LogP contribution in [0.3, 0.4) is 0 Å². The van der Waals surface area contributed by atoms with Crippen molar-refractivity contribution in [1.29, 1.82) is 0 Å². The van der Waals surface area contributed by atoms with Crippen LogP contribution in [0.2, 0.25) is 0 Å². The lowest BCUT2D eigenvalue weighted by atomic mass is 9.87. The summed E-state index contributed by atoms with van der Waals surface area (Å²) in [6.45, 7) is 5.65. The van der Waals surface area contributed by atoms with Gasteiger partial charge >= 0.3 is 0 Å². The van der Waals surface area contributed by atoms with E-state index in [1.54, 1.807) is 0 Å². The Bertz CT molecular complexity index is 390. The molecule has 2 unspecified atom stereocenters. The first kappa shape index (κ1) is 13.4. The van der Waals surface area contributed by atoms with Gasteiger partial charge in [-0.3, -0.25) is 0 Å². The fourth-order valence-electron chi connectivity index (χ4n) is 2.55. The molecule has 1 aromatic rings. The molecule has 0 fully saturated rings. The molecule has 1 aromatic carbocycles. The van der Waals surface area contributed by atoms with Crippen LogP contribution in [0.5, 0.6) is 0 Å². The van der Waals surface area contributed by atoms with Crippen LogP contribution >= 0.6 is 0 Å². The first-order chi connectivity index (χ1) is 8.63. The van der Waals surface area contributed by atoms with Crippen molar-refractivity contribution in [2.75, 3.05) is 18.4 Å². The third-order valence-corrected chi connectivity index (χ3v) is 3.71. The van der Waals surface area contributed by atoms with E-state index in [0.29, 0.717) is 6.54 Å². The molecule has 18 heavy (non-hydrogen) atoms. The SMILES string of the molecule is CCCNCC(C)(O)C1CCc2ccccc2N1. The molecule has 0 aromatic heterocycles. The zero-order chi connectivity index (χ0) is 13.0. The van der Waals surface area contributed by atoms with E-state index >= 15 is 0 Å². The summed E-state index contributed by atoms with van der Waals surface area (Å²) >= 11 is 0. The maximum atomic E-state index is 10.6. The molecule has 0 saturated heterocycles. The minimum atomic E-state index is -0.706. The van der Waals surface area contributed by atoms with Gasteiger partial charge in [-0.05, 0) is 44.4 Å². The second-order valence-electron chi connectivity index (χ2n) is 5.43. The number of fused-ring (bicyclic) bond motifs is 1. The van der Waals surface area contributed by atoms with Gasteiger partial charge in [0.05, 0.1) is 11.6 Å². The second kappa shape index (κ2) is 5.72. The third-order valence-electron chi connectivity index (χ3n) is 3.71. The van der Waals surface area contributed by atoms with Crippen LogP contribution in [0.15, 0.2) is 24.3 Å². The van der Waals surface area contributed by atoms with Crippen LogP contribution in [0, 0.1) is 0 Å². The van der Waals surface area contributed by atoms with Crippen molar-refractivity contribution in [2.24, 2.45) is 0 Å². The second-order valence-corrected chi connectivity index (χ2v) is 5.43. The molecule has 3 N–H and O–H groups in total. The van der Waals surface area contributed by atoms with E-state index in [1.165, 1.54) is 11.3 Å². The molecular weight excluding hydrogens is 224 g/mol. The molecule has 2 atom stereocenters. The monoisotopic (exact) mass is 248 g/mol. The molecule has 0 saturated carbocycles. The van der Waals surface area contributed by atoms with E-state index in [9.17, 15) is 5.11 Å². The number of nitrogens with one attached hydrogen (secondary N) is 2. The summed E-state index contributed by atoms with van der Waals surface area (Å²) in [6.07, 6.45) is 3.12. The Kier molecular flexibility index (Phi) is 4.25. The van der Waals surface area contributed by atoms with Gasteiger partial charge in [0.2, 0.25) is 0 Å². The van der Waals surface area contributed by atoms with Gasteiger partial charge in [-0.1, -0.05) is 25.1 Å². The van der Waals surface area contributed by atoms with Crippen molar-refractivity contribution in [3.8, 4) is 0 Å². The summed E-state index contributed by atoms with van der Waals surface area (Å²) in [5, 5.41) is 17.3. The molecule has 3 heteroatoms. The molecule has 0 radical (unpaired) electrons. The number of aryl methyl sites for hydroxylation is 1. The van der Waals surface area contributed by atoms with Gasteiger partial charge in [-0.15, -0.1) is 0 Å². The summed E-state index contributed by atoms with van der Waals surface area (Å²) in [5.74, 6) is 0. The Hall–Kier alpha value is -1.06. The molecule has 0 spiro atoms. The van der Waals surface area contributed by atoms with Gasteiger partial charge in [-0.25, -0.2) is 0 Å². The molecule has 0 bridgehead atoms. The highest BCUT2D eigenvalue weighted by molar-refractivity contribution is 5.54. The van der Waals surface area contributed by atoms with Crippen molar-refractivity contribution in [3.63, 3.8) is 0 Å². The topological polar surface area (TPSA) is 44.3 Å². The highest BCUT2D eigenvalue weighted by Gasteiger charge is 2.33. The summed E-state index contributed by atoms with van der Waals surface area (Å²) in [4.78, 5) is 0. The van der Waals surface area contributed by atoms with Gasteiger partial charge in [0.15, 0.2) is 0 Å². The van der Waals surface area contributed by atoms with Crippen LogP contribution < -0.4 is 10.6 Å². The lowest BCUT2D eigenvalue weighted by Gasteiger charge is -2.38. The smallest absolute Gasteiger partial charge is 0.0943 e. The van der Waals surface area contributed by atoms with Crippen LogP contribution in [0.1, 0.15) is 32.3 Å². The van der Waals surface area contributed by atoms with Crippen molar-refractivity contribution < 1.29 is 5.11 Å². The Balaban J connectivity index is 1.99. The molecule has 1 heterocycles. The highest BCUT2D eigenvalue weighted by Crippen LogP contribution is 2.28. The quantitative estimate of drug-likeness (QED) is 0.700. The lowest BCUT2D eigenvalue weighted by molar-refractivity contribution is 0.0363. The van der Waals surface area contributed by atoms with E-state index in [2.05, 4.69) is 35.8 Å². The van der Waals surface area contributed by atoms with Crippen LogP contribution in [0.25, 0.3) is 0 Å². The average Bonchev–Trinajstić information content (AvgIpc) is 2.38. The summed E-state index contributed by atoms with van der Waals surface area (Å²) in [5.41, 5.74) is 1.82. The molecule has 0 aliphatic carbocycles. The van der Waals surface area contributed by atoms with Gasteiger partial charge < -0.3 is 15.7 Å². The van der Waals surface area contributed by atoms with E-state index in [0.717, 1.165) is 25.8 Å². The average molecular weight is 248 g/mol. The zero-order valence-electron chi connectivity index (χ0n) is 11.4. The molecule has 1 aliphatic rings. The lowest BCUT2D eigenvalue weighted by Crippen LogP contribution is -2.52. The maximum absolute atomic E-state index is 10.6. The predicted molar refractivity (Wildman–Crippen MR) is 76.0 cm³/mol. The number of rotatable bonds is 5. The van der Waals surface area contributed by atoms with E-state index in [-0.39, 0.29) is 6.04 Å². The predicted octanol–water partition coefficient (Wildman–Crippen LogP) is 2.16. The van der Waals surface area contributed by atoms with E-state index in [4.69, 9.17) is 0 Å². The Morgan fingerprint density at radius 3 is 3.00 bits per heavy atom. The Morgan fingerprint density at radius 1 is 1.44 bits per heavy atom. The minimum Gasteiger partial charge on any atom is -0.387 e. The minimum absolute atomic E-state index is 0.122. The molecule has 1 aliphatic heterocycles. The Labute approximate surface area is 110 Å². The van der Waals surface area contributed by atoms with Crippen LogP contribution in [0.4, 0.5) is 5.69 Å². The Morgan fingerprint density at radius 2 is 2.22 bits per heavy atom. The number of aliphatic hydroxyl groups is 1. The first-order valence-electron chi connectivity index (χ1n) is 6.91. The van der Waals surface area contributed by atoms with Crippen molar-refractivity contribution in [1.82, 2.24) is 5.32 Å². The van der Waals surface area contributed by atoms with Gasteiger partial charge in [-0.2, -0.15) is 0 Å². The van der Waals surface area contributed by atoms with Gasteiger partial charge in [0, 0.05) is 12.2 Å². The third kappa shape index (κ3) is 3.03. The largest absolute Gasteiger partial charge is 0.387 e. The molecule has 3 nitrogen and oxygen atoms in total. The number of anilines is 1. The molecule has 0 amide bonds. The fourth-order valence-corrected chi connectivity index (χ4v) is 2.55. The summed E-state index contributed by atoms with van der Waals surface area (Å²) < 4.78 is 0. The van der Waals surface area contributed by atoms with E-state index < -0.39 is 5.60 Å². The molecular formula is C15H24N2O. The zero-order valence-corrected chi connectivity index (χ0v) is 11.4. The summed E-state index contributed by atoms with van der Waals surface area (Å²) in [6, 6.07) is 8.48. The number of hydrogen-bond donors (Lipinski definition) is 3. The summed E-state index contributed by atoms with van der Waals surface area (Å²) in [7, 11) is 0. The van der Waals surface area contributed by atoms with Gasteiger partial charge in [0.1, 0.15) is 0 Å². The first-order valence-corrected chi connectivity index (χ1v) is 6.91. The highest BCUT2D eigenvalue weighted by atomic mass is 16.3. The molecule has 2 rings (SSSR count). The van der Waals surface area contributed by atoms with Crippen molar-refractivity contribution in [3.05, 3.63) is 29.8 Å². The fraction of sp³-hybridized carbons (Fsp3) is 0.600. The van der Waals surface area contributed by atoms with Crippen molar-refractivity contribution >= 4 is 5.69 Å².